The van der Waals surface area contributed by atoms with Gasteiger partial charge in [-0.15, -0.1) is 0 Å². The predicted molar refractivity (Wildman–Crippen MR) is 108 cm³/mol. The number of aromatic nitrogens is 5. The van der Waals surface area contributed by atoms with Crippen LogP contribution in [-0.2, 0) is 23.1 Å². The van der Waals surface area contributed by atoms with Crippen molar-refractivity contribution < 1.29 is 21.6 Å². The summed E-state index contributed by atoms with van der Waals surface area (Å²) in [5.41, 5.74) is 0.112. The number of fused-ring (bicyclic) bond motifs is 1. The minimum Gasteiger partial charge on any atom is -0.326 e. The summed E-state index contributed by atoms with van der Waals surface area (Å²) < 4.78 is 66.3. The summed E-state index contributed by atoms with van der Waals surface area (Å²) in [5.74, 6) is 0.400. The summed E-state index contributed by atoms with van der Waals surface area (Å²) in [7, 11) is -2.10. The van der Waals surface area contributed by atoms with E-state index in [0.717, 1.165) is 12.3 Å². The van der Waals surface area contributed by atoms with Crippen molar-refractivity contribution in [1.82, 2.24) is 24.5 Å². The third-order valence-corrected chi connectivity index (χ3v) is 6.59. The maximum atomic E-state index is 13.0. The van der Waals surface area contributed by atoms with Crippen LogP contribution in [0.5, 0.6) is 0 Å². The molecule has 11 heteroatoms. The highest BCUT2D eigenvalue weighted by atomic mass is 32.2. The highest BCUT2D eigenvalue weighted by Gasteiger charge is 2.33. The van der Waals surface area contributed by atoms with E-state index in [0.29, 0.717) is 16.9 Å². The van der Waals surface area contributed by atoms with E-state index >= 15 is 0 Å². The zero-order chi connectivity index (χ0) is 22.4. The first-order valence-electron chi connectivity index (χ1n) is 9.16. The Kier molecular flexibility index (Phi) is 5.00. The summed E-state index contributed by atoms with van der Waals surface area (Å²) in [6.07, 6.45) is -0.448. The van der Waals surface area contributed by atoms with Crippen molar-refractivity contribution in [2.45, 2.75) is 18.0 Å². The van der Waals surface area contributed by atoms with Gasteiger partial charge >= 0.3 is 6.18 Å². The van der Waals surface area contributed by atoms with Gasteiger partial charge in [-0.3, -0.25) is 0 Å². The molecule has 0 unspecified atom stereocenters. The van der Waals surface area contributed by atoms with Crippen molar-refractivity contribution in [3.63, 3.8) is 0 Å². The minimum atomic E-state index is -4.61. The molecule has 0 fully saturated rings. The number of hydrogen-bond acceptors (Lipinski definition) is 6. The van der Waals surface area contributed by atoms with Gasteiger partial charge in [-0.2, -0.15) is 13.2 Å². The number of rotatable bonds is 4. The fourth-order valence-corrected chi connectivity index (χ4v) is 4.30. The van der Waals surface area contributed by atoms with Crippen molar-refractivity contribution in [2.24, 2.45) is 7.05 Å². The van der Waals surface area contributed by atoms with Gasteiger partial charge in [0.25, 0.3) is 0 Å². The molecule has 3 aromatic heterocycles. The number of alkyl halides is 3. The van der Waals surface area contributed by atoms with Crippen LogP contribution < -0.4 is 0 Å². The van der Waals surface area contributed by atoms with Crippen LogP contribution in [0.15, 0.2) is 53.8 Å². The highest BCUT2D eigenvalue weighted by molar-refractivity contribution is 7.91. The second-order valence-electron chi connectivity index (χ2n) is 6.74. The molecule has 7 nitrogen and oxygen atoms in total. The maximum Gasteiger partial charge on any atom is 0.433 e. The summed E-state index contributed by atoms with van der Waals surface area (Å²) in [4.78, 5) is 16.1. The van der Waals surface area contributed by atoms with Crippen LogP contribution in [0.2, 0.25) is 0 Å². The number of halogens is 3. The lowest BCUT2D eigenvalue weighted by Crippen LogP contribution is -2.08. The van der Waals surface area contributed by atoms with E-state index in [1.54, 1.807) is 37.6 Å². The predicted octanol–water partition coefficient (Wildman–Crippen LogP) is 3.90. The molecule has 0 saturated carbocycles. The van der Waals surface area contributed by atoms with E-state index in [1.807, 2.05) is 0 Å². The summed E-state index contributed by atoms with van der Waals surface area (Å²) >= 11 is 0. The Morgan fingerprint density at radius 2 is 1.77 bits per heavy atom. The van der Waals surface area contributed by atoms with Crippen LogP contribution in [0.1, 0.15) is 12.6 Å². The zero-order valence-corrected chi connectivity index (χ0v) is 17.2. The van der Waals surface area contributed by atoms with E-state index in [-0.39, 0.29) is 27.6 Å². The van der Waals surface area contributed by atoms with Crippen molar-refractivity contribution >= 4 is 20.9 Å². The molecule has 0 bridgehead atoms. The third kappa shape index (κ3) is 3.76. The molecule has 4 aromatic rings. The SMILES string of the molecule is CCS(=O)(=O)c1cc(-c2ncccn2)ccc1-c1nc2cc(C(F)(F)F)ncc2n1C. The van der Waals surface area contributed by atoms with Gasteiger partial charge in [-0.25, -0.2) is 28.4 Å². The molecule has 0 aliphatic rings. The molecular weight excluding hydrogens is 431 g/mol. The van der Waals surface area contributed by atoms with Gasteiger partial charge < -0.3 is 4.57 Å². The molecule has 0 atom stereocenters. The van der Waals surface area contributed by atoms with Crippen LogP contribution in [0.4, 0.5) is 13.2 Å². The average molecular weight is 447 g/mol. The second-order valence-corrected chi connectivity index (χ2v) is 8.98. The smallest absolute Gasteiger partial charge is 0.326 e. The van der Waals surface area contributed by atoms with Gasteiger partial charge in [-0.05, 0) is 24.3 Å². The Labute approximate surface area is 175 Å². The van der Waals surface area contributed by atoms with E-state index in [2.05, 4.69) is 19.9 Å². The van der Waals surface area contributed by atoms with Crippen LogP contribution in [0.25, 0.3) is 33.8 Å². The number of benzene rings is 1. The second kappa shape index (κ2) is 7.41. The molecule has 160 valence electrons. The first-order valence-corrected chi connectivity index (χ1v) is 10.8. The monoisotopic (exact) mass is 447 g/mol. The summed E-state index contributed by atoms with van der Waals surface area (Å²) in [6.45, 7) is 1.51. The number of hydrogen-bond donors (Lipinski definition) is 0. The Hall–Kier alpha value is -3.34. The van der Waals surface area contributed by atoms with Gasteiger partial charge in [-0.1, -0.05) is 13.0 Å². The normalized spacial score (nSPS) is 12.4. The number of sulfone groups is 1. The first-order chi connectivity index (χ1) is 14.6. The molecule has 0 spiro atoms. The van der Waals surface area contributed by atoms with Crippen molar-refractivity contribution in [3.8, 4) is 22.8 Å². The molecule has 0 N–H and O–H groups in total. The summed E-state index contributed by atoms with van der Waals surface area (Å²) in [5, 5.41) is 0. The fraction of sp³-hybridized carbons (Fsp3) is 0.200. The Bertz CT molecular complexity index is 1380. The molecule has 0 saturated heterocycles. The molecule has 4 rings (SSSR count). The van der Waals surface area contributed by atoms with Gasteiger partial charge in [0, 0.05) is 30.6 Å². The molecule has 0 aliphatic carbocycles. The largest absolute Gasteiger partial charge is 0.433 e. The van der Waals surface area contributed by atoms with Crippen LogP contribution in [0, 0.1) is 0 Å². The van der Waals surface area contributed by atoms with Gasteiger partial charge in [0.15, 0.2) is 15.7 Å². The number of nitrogens with zero attached hydrogens (tertiary/aromatic N) is 5. The number of imidazole rings is 1. The fourth-order valence-electron chi connectivity index (χ4n) is 3.19. The standard InChI is InChI=1S/C20H16F3N5O2S/c1-3-31(29,30)16-9-12(18-24-7-4-8-25-18)5-6-13(16)19-27-14-10-17(20(21,22)23)26-11-15(14)28(19)2/h4-11H,3H2,1-2H3. The lowest BCUT2D eigenvalue weighted by Gasteiger charge is -2.11. The minimum absolute atomic E-state index is 0.00219. The van der Waals surface area contributed by atoms with Gasteiger partial charge in [0.05, 0.1) is 27.9 Å². The van der Waals surface area contributed by atoms with Crippen molar-refractivity contribution in [3.05, 3.63) is 54.6 Å². The quantitative estimate of drug-likeness (QED) is 0.471. The van der Waals surface area contributed by atoms with Crippen molar-refractivity contribution in [2.75, 3.05) is 5.75 Å². The number of aryl methyl sites for hydroxylation is 1. The molecule has 1 aromatic carbocycles. The Morgan fingerprint density at radius 3 is 2.42 bits per heavy atom. The first kappa shape index (κ1) is 20.9. The molecule has 0 radical (unpaired) electrons. The van der Waals surface area contributed by atoms with E-state index in [1.165, 1.54) is 17.6 Å². The summed E-state index contributed by atoms with van der Waals surface area (Å²) in [6, 6.07) is 7.16. The zero-order valence-electron chi connectivity index (χ0n) is 16.4. The molecular formula is C20H16F3N5O2S. The number of pyridine rings is 1. The molecule has 3 heterocycles. The molecule has 31 heavy (non-hydrogen) atoms. The van der Waals surface area contributed by atoms with Gasteiger partial charge in [0.1, 0.15) is 11.5 Å². The van der Waals surface area contributed by atoms with Crippen LogP contribution in [0.3, 0.4) is 0 Å². The molecule has 0 aliphatic heterocycles. The van der Waals surface area contributed by atoms with Crippen molar-refractivity contribution in [1.29, 1.82) is 0 Å². The van der Waals surface area contributed by atoms with E-state index in [9.17, 15) is 21.6 Å². The molecule has 0 amide bonds. The Balaban J connectivity index is 1.95. The van der Waals surface area contributed by atoms with Crippen LogP contribution >= 0.6 is 0 Å². The lowest BCUT2D eigenvalue weighted by atomic mass is 10.1. The third-order valence-electron chi connectivity index (χ3n) is 4.82. The topological polar surface area (TPSA) is 90.6 Å². The van der Waals surface area contributed by atoms with Crippen LogP contribution in [-0.4, -0.2) is 38.7 Å². The van der Waals surface area contributed by atoms with Gasteiger partial charge in [0.2, 0.25) is 0 Å². The maximum absolute atomic E-state index is 13.0. The lowest BCUT2D eigenvalue weighted by molar-refractivity contribution is -0.141. The van der Waals surface area contributed by atoms with E-state index < -0.39 is 21.7 Å². The highest BCUT2D eigenvalue weighted by Crippen LogP contribution is 2.34. The average Bonchev–Trinajstić information content (AvgIpc) is 3.09. The van der Waals surface area contributed by atoms with E-state index in [4.69, 9.17) is 0 Å². The Morgan fingerprint density at radius 1 is 1.06 bits per heavy atom.